The lowest BCUT2D eigenvalue weighted by atomic mass is 9.98. The molecule has 1 atom stereocenters. The van der Waals surface area contributed by atoms with Crippen LogP contribution < -0.4 is 5.32 Å². The van der Waals surface area contributed by atoms with Crippen LogP contribution in [-0.4, -0.2) is 29.0 Å². The third-order valence-electron chi connectivity index (χ3n) is 4.16. The molecule has 2 rings (SSSR count). The smallest absolute Gasteiger partial charge is 0.0547 e. The molecule has 0 saturated carbocycles. The lowest BCUT2D eigenvalue weighted by Crippen LogP contribution is -2.39. The van der Waals surface area contributed by atoms with Crippen molar-refractivity contribution in [2.45, 2.75) is 65.1 Å². The van der Waals surface area contributed by atoms with Crippen LogP contribution in [0.25, 0.3) is 0 Å². The summed E-state index contributed by atoms with van der Waals surface area (Å²) in [6, 6.07) is 7.21. The molecule has 20 heavy (non-hydrogen) atoms. The van der Waals surface area contributed by atoms with Crippen LogP contribution in [0.15, 0.2) is 18.2 Å². The van der Waals surface area contributed by atoms with Gasteiger partial charge in [-0.05, 0) is 44.5 Å². The van der Waals surface area contributed by atoms with Crippen molar-refractivity contribution in [3.8, 4) is 0 Å². The Hall–Kier alpha value is -0.930. The number of nitrogens with one attached hydrogen (secondary N) is 1. The number of pyridine rings is 1. The maximum Gasteiger partial charge on any atom is 0.0547 e. The van der Waals surface area contributed by atoms with E-state index in [4.69, 9.17) is 4.98 Å². The van der Waals surface area contributed by atoms with Gasteiger partial charge in [-0.15, -0.1) is 0 Å². The minimum atomic E-state index is 0.771. The molecular formula is C17H29N3. The highest BCUT2D eigenvalue weighted by Gasteiger charge is 2.21. The van der Waals surface area contributed by atoms with Crippen molar-refractivity contribution in [2.75, 3.05) is 13.1 Å². The molecule has 3 nitrogen and oxygen atoms in total. The van der Waals surface area contributed by atoms with E-state index in [0.29, 0.717) is 0 Å². The molecule has 0 amide bonds. The second-order valence-electron chi connectivity index (χ2n) is 5.81. The van der Waals surface area contributed by atoms with Gasteiger partial charge in [0, 0.05) is 19.1 Å². The Morgan fingerprint density at radius 3 is 2.90 bits per heavy atom. The summed E-state index contributed by atoms with van der Waals surface area (Å²) in [5.41, 5.74) is 2.39. The quantitative estimate of drug-likeness (QED) is 0.827. The highest BCUT2D eigenvalue weighted by Crippen LogP contribution is 2.22. The molecule has 0 radical (unpaired) electrons. The summed E-state index contributed by atoms with van der Waals surface area (Å²) < 4.78 is 0. The largest absolute Gasteiger partial charge is 0.311 e. The summed E-state index contributed by atoms with van der Waals surface area (Å²) >= 11 is 0. The fourth-order valence-corrected chi connectivity index (χ4v) is 3.11. The number of piperidine rings is 1. The molecule has 3 heteroatoms. The van der Waals surface area contributed by atoms with Gasteiger partial charge in [0.05, 0.1) is 11.4 Å². The summed E-state index contributed by atoms with van der Waals surface area (Å²) in [6.45, 7) is 8.56. The van der Waals surface area contributed by atoms with E-state index in [1.165, 1.54) is 44.3 Å². The molecule has 1 aliphatic rings. The van der Waals surface area contributed by atoms with Crippen LogP contribution in [-0.2, 0) is 13.1 Å². The summed E-state index contributed by atoms with van der Waals surface area (Å²) in [5, 5.41) is 3.35. The fourth-order valence-electron chi connectivity index (χ4n) is 3.11. The van der Waals surface area contributed by atoms with Gasteiger partial charge in [-0.1, -0.05) is 32.8 Å². The van der Waals surface area contributed by atoms with Crippen LogP contribution in [0.3, 0.4) is 0 Å². The molecule has 1 aliphatic heterocycles. The van der Waals surface area contributed by atoms with Crippen molar-refractivity contribution in [3.63, 3.8) is 0 Å². The number of rotatable bonds is 7. The summed E-state index contributed by atoms with van der Waals surface area (Å²) in [7, 11) is 0. The minimum absolute atomic E-state index is 0.771. The van der Waals surface area contributed by atoms with Gasteiger partial charge >= 0.3 is 0 Å². The first-order valence-corrected chi connectivity index (χ1v) is 8.23. The maximum atomic E-state index is 4.79. The van der Waals surface area contributed by atoms with E-state index in [-0.39, 0.29) is 0 Å². The van der Waals surface area contributed by atoms with E-state index in [2.05, 4.69) is 42.3 Å². The molecule has 1 fully saturated rings. The molecule has 0 aliphatic carbocycles. The summed E-state index contributed by atoms with van der Waals surface area (Å²) in [5.74, 6) is 0. The number of nitrogens with zero attached hydrogens (tertiary/aromatic N) is 2. The first kappa shape index (κ1) is 15.5. The van der Waals surface area contributed by atoms with Crippen LogP contribution in [0.1, 0.15) is 57.3 Å². The molecule has 2 heterocycles. The lowest BCUT2D eigenvalue weighted by Gasteiger charge is -2.35. The van der Waals surface area contributed by atoms with Gasteiger partial charge in [0.25, 0.3) is 0 Å². The lowest BCUT2D eigenvalue weighted by molar-refractivity contribution is 0.130. The Bertz CT molecular complexity index is 390. The normalized spacial score (nSPS) is 20.2. The van der Waals surface area contributed by atoms with E-state index >= 15 is 0 Å². The summed E-state index contributed by atoms with van der Waals surface area (Å²) in [4.78, 5) is 7.44. The molecule has 0 bridgehead atoms. The fraction of sp³-hybridized carbons (Fsp3) is 0.706. The standard InChI is InChI=1S/C17H29N3/c1-3-8-17-11-5-6-12-20(17)14-16-10-7-9-15(19-16)13-18-4-2/h7,9-10,17-18H,3-6,8,11-14H2,1-2H3. The van der Waals surface area contributed by atoms with E-state index in [1.54, 1.807) is 0 Å². The molecule has 0 aromatic carbocycles. The maximum absolute atomic E-state index is 4.79. The van der Waals surface area contributed by atoms with E-state index in [1.807, 2.05) is 0 Å². The minimum Gasteiger partial charge on any atom is -0.311 e. The monoisotopic (exact) mass is 275 g/mol. The molecule has 1 N–H and O–H groups in total. The van der Waals surface area contributed by atoms with Crippen molar-refractivity contribution in [2.24, 2.45) is 0 Å². The van der Waals surface area contributed by atoms with Gasteiger partial charge in [0.2, 0.25) is 0 Å². The van der Waals surface area contributed by atoms with Crippen LogP contribution >= 0.6 is 0 Å². The Kier molecular flexibility index (Phi) is 6.48. The molecule has 0 spiro atoms. The van der Waals surface area contributed by atoms with E-state index in [0.717, 1.165) is 31.4 Å². The third kappa shape index (κ3) is 4.57. The Labute approximate surface area is 123 Å². The number of hydrogen-bond acceptors (Lipinski definition) is 3. The van der Waals surface area contributed by atoms with Crippen molar-refractivity contribution in [3.05, 3.63) is 29.6 Å². The molecule has 1 saturated heterocycles. The average Bonchev–Trinajstić information content (AvgIpc) is 2.48. The predicted octanol–water partition coefficient (Wildman–Crippen LogP) is 3.35. The Balaban J connectivity index is 1.96. The molecule has 112 valence electrons. The van der Waals surface area contributed by atoms with Gasteiger partial charge in [0.1, 0.15) is 0 Å². The van der Waals surface area contributed by atoms with Crippen molar-refractivity contribution >= 4 is 0 Å². The van der Waals surface area contributed by atoms with Crippen molar-refractivity contribution in [1.29, 1.82) is 0 Å². The van der Waals surface area contributed by atoms with E-state index in [9.17, 15) is 0 Å². The Morgan fingerprint density at radius 2 is 2.10 bits per heavy atom. The van der Waals surface area contributed by atoms with Gasteiger partial charge in [-0.3, -0.25) is 9.88 Å². The van der Waals surface area contributed by atoms with Crippen LogP contribution in [0, 0.1) is 0 Å². The molecule has 1 aromatic rings. The Morgan fingerprint density at radius 1 is 1.25 bits per heavy atom. The first-order valence-electron chi connectivity index (χ1n) is 8.23. The first-order chi connectivity index (χ1) is 9.83. The van der Waals surface area contributed by atoms with Gasteiger partial charge in [-0.25, -0.2) is 0 Å². The van der Waals surface area contributed by atoms with Crippen LogP contribution in [0.2, 0.25) is 0 Å². The van der Waals surface area contributed by atoms with Crippen LogP contribution in [0.5, 0.6) is 0 Å². The molecule has 1 unspecified atom stereocenters. The topological polar surface area (TPSA) is 28.2 Å². The number of hydrogen-bond donors (Lipinski definition) is 1. The number of likely N-dealkylation sites (tertiary alicyclic amines) is 1. The molecular weight excluding hydrogens is 246 g/mol. The second kappa shape index (κ2) is 8.38. The van der Waals surface area contributed by atoms with Crippen LogP contribution in [0.4, 0.5) is 0 Å². The SMILES string of the molecule is CCCC1CCCCN1Cc1cccc(CNCC)n1. The molecule has 1 aromatic heterocycles. The van der Waals surface area contributed by atoms with Gasteiger partial charge < -0.3 is 5.32 Å². The van der Waals surface area contributed by atoms with Crippen molar-refractivity contribution < 1.29 is 0 Å². The van der Waals surface area contributed by atoms with E-state index < -0.39 is 0 Å². The average molecular weight is 275 g/mol. The highest BCUT2D eigenvalue weighted by molar-refractivity contribution is 5.11. The number of aromatic nitrogens is 1. The summed E-state index contributed by atoms with van der Waals surface area (Å²) in [6.07, 6.45) is 6.73. The highest BCUT2D eigenvalue weighted by atomic mass is 15.2. The van der Waals surface area contributed by atoms with Crippen molar-refractivity contribution in [1.82, 2.24) is 15.2 Å². The predicted molar refractivity (Wildman–Crippen MR) is 84.6 cm³/mol. The van der Waals surface area contributed by atoms with Gasteiger partial charge in [0.15, 0.2) is 0 Å². The zero-order chi connectivity index (χ0) is 14.2. The zero-order valence-corrected chi connectivity index (χ0v) is 13.1. The zero-order valence-electron chi connectivity index (χ0n) is 13.1. The van der Waals surface area contributed by atoms with Gasteiger partial charge in [-0.2, -0.15) is 0 Å². The third-order valence-corrected chi connectivity index (χ3v) is 4.16. The second-order valence-corrected chi connectivity index (χ2v) is 5.81.